The van der Waals surface area contributed by atoms with Crippen molar-refractivity contribution in [3.8, 4) is 0 Å². The fraction of sp³-hybridized carbons (Fsp3) is 0.933. The fourth-order valence-corrected chi connectivity index (χ4v) is 0.711. The van der Waals surface area contributed by atoms with E-state index in [1.807, 2.05) is 48.6 Å². The van der Waals surface area contributed by atoms with E-state index < -0.39 is 5.60 Å². The molecule has 0 aliphatic rings. The molecule has 0 aromatic carbocycles. The number of likely N-dealkylation sites (N-methyl/N-ethyl adjacent to an activating group) is 2. The second-order valence-electron chi connectivity index (χ2n) is 5.26. The van der Waals surface area contributed by atoms with Gasteiger partial charge in [0.1, 0.15) is 5.60 Å². The molecule has 20 heavy (non-hydrogen) atoms. The van der Waals surface area contributed by atoms with E-state index in [-0.39, 0.29) is 12.2 Å². The fourth-order valence-electron chi connectivity index (χ4n) is 0.711. The number of carbonyl (C=O) groups is 1. The number of aliphatic hydroxyl groups excluding tert-OH is 1. The second-order valence-corrected chi connectivity index (χ2v) is 5.26. The van der Waals surface area contributed by atoms with Gasteiger partial charge in [0, 0.05) is 20.1 Å². The highest BCUT2D eigenvalue weighted by atomic mass is 16.6. The van der Waals surface area contributed by atoms with Crippen molar-refractivity contribution in [1.82, 2.24) is 10.2 Å². The van der Waals surface area contributed by atoms with E-state index in [2.05, 4.69) is 5.32 Å². The first-order valence-corrected chi connectivity index (χ1v) is 7.40. The van der Waals surface area contributed by atoms with Gasteiger partial charge in [-0.2, -0.15) is 0 Å². The molecular weight excluding hydrogens is 256 g/mol. The first kappa shape index (κ1) is 24.2. The molecule has 0 saturated heterocycles. The molecule has 124 valence electrons. The van der Waals surface area contributed by atoms with Gasteiger partial charge in [-0.3, -0.25) is 0 Å². The number of aliphatic hydroxyl groups is 1. The van der Waals surface area contributed by atoms with Gasteiger partial charge in [-0.15, -0.1) is 0 Å². The summed E-state index contributed by atoms with van der Waals surface area (Å²) in [5.41, 5.74) is -0.412. The van der Waals surface area contributed by atoms with Gasteiger partial charge < -0.3 is 20.1 Å². The van der Waals surface area contributed by atoms with Crippen LogP contribution < -0.4 is 5.32 Å². The average Bonchev–Trinajstić information content (AvgIpc) is 2.36. The molecule has 0 fully saturated rings. The Hall–Kier alpha value is -0.810. The zero-order valence-corrected chi connectivity index (χ0v) is 14.9. The van der Waals surface area contributed by atoms with Crippen molar-refractivity contribution in [3.63, 3.8) is 0 Å². The van der Waals surface area contributed by atoms with Crippen LogP contribution in [0.4, 0.5) is 4.79 Å². The molecule has 0 heterocycles. The lowest BCUT2D eigenvalue weighted by Crippen LogP contribution is -2.37. The van der Waals surface area contributed by atoms with Gasteiger partial charge in [0.05, 0.1) is 6.10 Å². The third kappa shape index (κ3) is 22.4. The van der Waals surface area contributed by atoms with Crippen molar-refractivity contribution in [2.24, 2.45) is 0 Å². The summed E-state index contributed by atoms with van der Waals surface area (Å²) >= 11 is 0. The second kappa shape index (κ2) is 14.6. The van der Waals surface area contributed by atoms with Crippen molar-refractivity contribution in [2.45, 2.75) is 66.6 Å². The average molecular weight is 292 g/mol. The van der Waals surface area contributed by atoms with Crippen LogP contribution in [0.3, 0.4) is 0 Å². The SMILES string of the molecule is CC.CCC(C)O.CNCCN(C)C(=O)OC(C)(C)C. The summed E-state index contributed by atoms with van der Waals surface area (Å²) in [6, 6.07) is 0. The summed E-state index contributed by atoms with van der Waals surface area (Å²) < 4.78 is 5.16. The summed E-state index contributed by atoms with van der Waals surface area (Å²) in [6.45, 7) is 14.7. The number of carbonyl (C=O) groups excluding carboxylic acids is 1. The van der Waals surface area contributed by atoms with Crippen LogP contribution in [0.15, 0.2) is 0 Å². The summed E-state index contributed by atoms with van der Waals surface area (Å²) in [7, 11) is 3.58. The van der Waals surface area contributed by atoms with E-state index >= 15 is 0 Å². The van der Waals surface area contributed by atoms with Crippen LogP contribution in [0.2, 0.25) is 0 Å². The Balaban J connectivity index is -0.000000346. The molecular formula is C15H36N2O3. The molecule has 0 aliphatic heterocycles. The van der Waals surface area contributed by atoms with E-state index in [0.717, 1.165) is 13.0 Å². The first-order chi connectivity index (χ1) is 9.14. The molecule has 2 N–H and O–H groups in total. The van der Waals surface area contributed by atoms with Crippen LogP contribution >= 0.6 is 0 Å². The topological polar surface area (TPSA) is 61.8 Å². The maximum absolute atomic E-state index is 11.3. The third-order valence-electron chi connectivity index (χ3n) is 1.99. The van der Waals surface area contributed by atoms with Gasteiger partial charge in [0.25, 0.3) is 0 Å². The quantitative estimate of drug-likeness (QED) is 0.836. The maximum Gasteiger partial charge on any atom is 0.410 e. The minimum absolute atomic E-state index is 0.116. The van der Waals surface area contributed by atoms with E-state index in [9.17, 15) is 4.79 Å². The Kier molecular flexibility index (Phi) is 17.7. The zero-order chi connectivity index (χ0) is 16.8. The van der Waals surface area contributed by atoms with Crippen LogP contribution in [0, 0.1) is 0 Å². The van der Waals surface area contributed by atoms with Crippen molar-refractivity contribution in [2.75, 3.05) is 27.2 Å². The van der Waals surface area contributed by atoms with Gasteiger partial charge >= 0.3 is 6.09 Å². The monoisotopic (exact) mass is 292 g/mol. The molecule has 0 rings (SSSR count). The molecule has 1 unspecified atom stereocenters. The highest BCUT2D eigenvalue weighted by molar-refractivity contribution is 5.67. The minimum Gasteiger partial charge on any atom is -0.444 e. The Morgan fingerprint density at radius 1 is 1.35 bits per heavy atom. The molecule has 1 amide bonds. The van der Waals surface area contributed by atoms with Gasteiger partial charge in [-0.05, 0) is 41.2 Å². The lowest BCUT2D eigenvalue weighted by Gasteiger charge is -2.24. The number of nitrogens with one attached hydrogen (secondary N) is 1. The predicted molar refractivity (Wildman–Crippen MR) is 86.1 cm³/mol. The number of ether oxygens (including phenoxy) is 1. The van der Waals surface area contributed by atoms with Crippen LogP contribution in [-0.4, -0.2) is 55.0 Å². The Labute approximate surface area is 125 Å². The van der Waals surface area contributed by atoms with Crippen LogP contribution in [0.1, 0.15) is 54.9 Å². The molecule has 1 atom stereocenters. The van der Waals surface area contributed by atoms with E-state index in [1.54, 1.807) is 18.9 Å². The normalized spacial score (nSPS) is 11.3. The largest absolute Gasteiger partial charge is 0.444 e. The summed E-state index contributed by atoms with van der Waals surface area (Å²) in [6.07, 6.45) is 0.470. The van der Waals surface area contributed by atoms with Crippen LogP contribution in [0.5, 0.6) is 0 Å². The molecule has 0 bridgehead atoms. The summed E-state index contributed by atoms with van der Waals surface area (Å²) in [5.74, 6) is 0. The van der Waals surface area contributed by atoms with Crippen molar-refractivity contribution < 1.29 is 14.6 Å². The minimum atomic E-state index is -0.412. The van der Waals surface area contributed by atoms with Gasteiger partial charge in [-0.1, -0.05) is 20.8 Å². The molecule has 0 aliphatic carbocycles. The van der Waals surface area contributed by atoms with Crippen molar-refractivity contribution in [1.29, 1.82) is 0 Å². The van der Waals surface area contributed by atoms with Gasteiger partial charge in [0.2, 0.25) is 0 Å². The smallest absolute Gasteiger partial charge is 0.410 e. The number of hydrogen-bond donors (Lipinski definition) is 2. The standard InChI is InChI=1S/C9H20N2O2.C4H10O.C2H6/c1-9(2,3)13-8(12)11(5)7-6-10-4;1-3-4(2)5;1-2/h10H,6-7H2,1-5H3;4-5H,3H2,1-2H3;1-2H3. The lowest BCUT2D eigenvalue weighted by molar-refractivity contribution is 0.0301. The molecule has 0 spiro atoms. The number of hydrogen-bond acceptors (Lipinski definition) is 4. The Bertz CT molecular complexity index is 214. The Morgan fingerprint density at radius 3 is 2.00 bits per heavy atom. The van der Waals surface area contributed by atoms with Gasteiger partial charge in [0.15, 0.2) is 0 Å². The number of nitrogens with zero attached hydrogens (tertiary/aromatic N) is 1. The third-order valence-corrected chi connectivity index (χ3v) is 1.99. The molecule has 0 aromatic rings. The molecule has 5 nitrogen and oxygen atoms in total. The van der Waals surface area contributed by atoms with Gasteiger partial charge in [-0.25, -0.2) is 4.79 Å². The molecule has 0 aromatic heterocycles. The number of rotatable bonds is 4. The predicted octanol–water partition coefficient (Wildman–Crippen LogP) is 2.88. The summed E-state index contributed by atoms with van der Waals surface area (Å²) in [4.78, 5) is 12.9. The maximum atomic E-state index is 11.3. The first-order valence-electron chi connectivity index (χ1n) is 7.40. The van der Waals surface area contributed by atoms with E-state index in [1.165, 1.54) is 0 Å². The molecule has 0 radical (unpaired) electrons. The zero-order valence-electron chi connectivity index (χ0n) is 14.9. The Morgan fingerprint density at radius 2 is 1.75 bits per heavy atom. The van der Waals surface area contributed by atoms with Crippen LogP contribution in [-0.2, 0) is 4.74 Å². The molecule has 5 heteroatoms. The highest BCUT2D eigenvalue weighted by Crippen LogP contribution is 2.08. The highest BCUT2D eigenvalue weighted by Gasteiger charge is 2.18. The van der Waals surface area contributed by atoms with E-state index in [4.69, 9.17) is 9.84 Å². The van der Waals surface area contributed by atoms with Crippen molar-refractivity contribution in [3.05, 3.63) is 0 Å². The van der Waals surface area contributed by atoms with E-state index in [0.29, 0.717) is 6.54 Å². The van der Waals surface area contributed by atoms with Crippen LogP contribution in [0.25, 0.3) is 0 Å². The van der Waals surface area contributed by atoms with Crippen molar-refractivity contribution >= 4 is 6.09 Å². The lowest BCUT2D eigenvalue weighted by atomic mass is 10.2. The number of amides is 1. The summed E-state index contributed by atoms with van der Waals surface area (Å²) in [5, 5.41) is 11.3. The molecule has 0 saturated carbocycles.